The van der Waals surface area contributed by atoms with Crippen LogP contribution in [0.25, 0.3) is 0 Å². The van der Waals surface area contributed by atoms with E-state index in [0.717, 1.165) is 44.3 Å². The Morgan fingerprint density at radius 1 is 1.35 bits per heavy atom. The van der Waals surface area contributed by atoms with Crippen molar-refractivity contribution in [2.75, 3.05) is 13.2 Å². The number of amides is 2. The van der Waals surface area contributed by atoms with Crippen LogP contribution in [0.5, 0.6) is 0 Å². The van der Waals surface area contributed by atoms with E-state index >= 15 is 0 Å². The zero-order valence-corrected chi connectivity index (χ0v) is 15.2. The minimum Gasteiger partial charge on any atom is -0.375 e. The van der Waals surface area contributed by atoms with Gasteiger partial charge in [-0.15, -0.1) is 0 Å². The average molecular weight is 362 g/mol. The molecule has 1 heterocycles. The second-order valence-electron chi connectivity index (χ2n) is 7.68. The summed E-state index contributed by atoms with van der Waals surface area (Å²) in [6, 6.07) is 6.76. The molecule has 3 fully saturated rings. The highest BCUT2D eigenvalue weighted by Crippen LogP contribution is 2.45. The van der Waals surface area contributed by atoms with Crippen LogP contribution in [0.1, 0.15) is 50.5 Å². The summed E-state index contributed by atoms with van der Waals surface area (Å²) in [5.41, 5.74) is 0.678. The average Bonchev–Trinajstić information content (AvgIpc) is 3.10. The molecule has 1 saturated heterocycles. The van der Waals surface area contributed by atoms with Gasteiger partial charge in [-0.05, 0) is 62.6 Å². The summed E-state index contributed by atoms with van der Waals surface area (Å²) in [4.78, 5) is 12.4. The summed E-state index contributed by atoms with van der Waals surface area (Å²) in [6.07, 6.45) is 4.55. The molecule has 2 aliphatic carbocycles. The third kappa shape index (κ3) is 3.21. The second-order valence-corrected chi connectivity index (χ2v) is 7.68. The Morgan fingerprint density at radius 2 is 2.19 bits per heavy atom. The molecule has 1 spiro atoms. The minimum atomic E-state index is -0.336. The van der Waals surface area contributed by atoms with Gasteiger partial charge in [0.05, 0.1) is 12.1 Å². The van der Waals surface area contributed by atoms with Crippen LogP contribution < -0.4 is 10.6 Å². The molecule has 3 unspecified atom stereocenters. The molecule has 6 heteroatoms. The third-order valence-corrected chi connectivity index (χ3v) is 6.13. The van der Waals surface area contributed by atoms with E-state index in [1.165, 1.54) is 6.07 Å². The van der Waals surface area contributed by atoms with E-state index < -0.39 is 0 Å². The Morgan fingerprint density at radius 3 is 2.88 bits per heavy atom. The molecule has 5 nitrogen and oxygen atoms in total. The highest BCUT2D eigenvalue weighted by atomic mass is 19.1. The zero-order chi connectivity index (χ0) is 18.1. The lowest BCUT2D eigenvalue weighted by atomic mass is 9.70. The molecular weight excluding hydrogens is 335 g/mol. The van der Waals surface area contributed by atoms with Crippen molar-refractivity contribution in [3.05, 3.63) is 35.6 Å². The summed E-state index contributed by atoms with van der Waals surface area (Å²) in [7, 11) is 0. The van der Waals surface area contributed by atoms with Gasteiger partial charge in [-0.1, -0.05) is 12.1 Å². The summed E-state index contributed by atoms with van der Waals surface area (Å²) >= 11 is 0. The van der Waals surface area contributed by atoms with E-state index in [2.05, 4.69) is 10.6 Å². The van der Waals surface area contributed by atoms with Crippen LogP contribution in [0.2, 0.25) is 0 Å². The van der Waals surface area contributed by atoms with E-state index in [1.54, 1.807) is 12.1 Å². The van der Waals surface area contributed by atoms with Gasteiger partial charge in [0.1, 0.15) is 11.4 Å². The van der Waals surface area contributed by atoms with Crippen LogP contribution in [-0.4, -0.2) is 43.0 Å². The van der Waals surface area contributed by atoms with Gasteiger partial charge in [-0.3, -0.25) is 0 Å². The van der Waals surface area contributed by atoms with Crippen LogP contribution in [0.4, 0.5) is 9.18 Å². The van der Waals surface area contributed by atoms with Gasteiger partial charge in [0.2, 0.25) is 0 Å². The van der Waals surface area contributed by atoms with Crippen molar-refractivity contribution in [2.24, 2.45) is 0 Å². The number of nitrogens with one attached hydrogen (secondary N) is 2. The molecular formula is C20H27FN2O3. The van der Waals surface area contributed by atoms with Gasteiger partial charge in [0.15, 0.2) is 0 Å². The van der Waals surface area contributed by atoms with Crippen molar-refractivity contribution in [2.45, 2.75) is 68.7 Å². The van der Waals surface area contributed by atoms with Gasteiger partial charge < -0.3 is 20.1 Å². The van der Waals surface area contributed by atoms with E-state index in [1.807, 2.05) is 13.0 Å². The van der Waals surface area contributed by atoms with E-state index in [-0.39, 0.29) is 35.6 Å². The smallest absolute Gasteiger partial charge is 0.315 e. The van der Waals surface area contributed by atoms with Gasteiger partial charge in [0, 0.05) is 19.3 Å². The monoisotopic (exact) mass is 362 g/mol. The van der Waals surface area contributed by atoms with Crippen molar-refractivity contribution in [1.82, 2.24) is 10.6 Å². The highest BCUT2D eigenvalue weighted by Gasteiger charge is 2.59. The summed E-state index contributed by atoms with van der Waals surface area (Å²) in [5.74, 6) is 0.124. The van der Waals surface area contributed by atoms with Gasteiger partial charge >= 0.3 is 6.03 Å². The molecule has 1 aromatic carbocycles. The Bertz CT molecular complexity index is 656. The number of urea groups is 1. The number of ether oxygens (including phenoxy) is 2. The number of hydrogen-bond acceptors (Lipinski definition) is 3. The Balaban J connectivity index is 1.25. The van der Waals surface area contributed by atoms with Crippen LogP contribution in [-0.2, 0) is 9.47 Å². The topological polar surface area (TPSA) is 59.6 Å². The molecule has 2 amide bonds. The molecule has 3 atom stereocenters. The molecule has 2 N–H and O–H groups in total. The Hall–Kier alpha value is -1.66. The molecule has 26 heavy (non-hydrogen) atoms. The van der Waals surface area contributed by atoms with E-state index in [4.69, 9.17) is 9.47 Å². The van der Waals surface area contributed by atoms with Crippen molar-refractivity contribution in [3.63, 3.8) is 0 Å². The molecule has 1 aromatic rings. The molecule has 0 radical (unpaired) electrons. The normalized spacial score (nSPS) is 35.6. The van der Waals surface area contributed by atoms with Crippen molar-refractivity contribution >= 4 is 6.03 Å². The molecule has 3 aliphatic rings. The second kappa shape index (κ2) is 7.16. The Labute approximate surface area is 153 Å². The van der Waals surface area contributed by atoms with Crippen LogP contribution >= 0.6 is 0 Å². The number of halogens is 1. The van der Waals surface area contributed by atoms with Crippen molar-refractivity contribution < 1.29 is 18.7 Å². The largest absolute Gasteiger partial charge is 0.375 e. The quantitative estimate of drug-likeness (QED) is 0.846. The number of rotatable bonds is 5. The van der Waals surface area contributed by atoms with Gasteiger partial charge in [-0.2, -0.15) is 0 Å². The fourth-order valence-corrected chi connectivity index (χ4v) is 4.63. The fraction of sp³-hybridized carbons (Fsp3) is 0.650. The lowest BCUT2D eigenvalue weighted by Gasteiger charge is -2.52. The van der Waals surface area contributed by atoms with Crippen molar-refractivity contribution in [3.8, 4) is 0 Å². The maximum Gasteiger partial charge on any atom is 0.315 e. The summed E-state index contributed by atoms with van der Waals surface area (Å²) < 4.78 is 25.1. The zero-order valence-electron chi connectivity index (χ0n) is 15.2. The predicted molar refractivity (Wildman–Crippen MR) is 95.6 cm³/mol. The standard InChI is InChI=1S/C20H27FN2O3/c1-2-25-18-12-17(20(18)7-4-8-26-20)23-19(24)22-16-10-14(11-16)13-5-3-6-15(21)9-13/h3,5-6,9,14,16-18H,2,4,7-8,10-12H2,1H3,(H2,22,23,24). The number of carbonyl (C=O) groups is 1. The summed E-state index contributed by atoms with van der Waals surface area (Å²) in [6.45, 7) is 3.39. The minimum absolute atomic E-state index is 0.0145. The lowest BCUT2D eigenvalue weighted by Crippen LogP contribution is -2.70. The van der Waals surface area contributed by atoms with Crippen molar-refractivity contribution in [1.29, 1.82) is 0 Å². The molecule has 142 valence electrons. The first-order valence-corrected chi connectivity index (χ1v) is 9.69. The van der Waals surface area contributed by atoms with Crippen LogP contribution in [0, 0.1) is 5.82 Å². The summed E-state index contributed by atoms with van der Waals surface area (Å²) in [5, 5.41) is 6.13. The van der Waals surface area contributed by atoms with Gasteiger partial charge in [0.25, 0.3) is 0 Å². The number of carbonyl (C=O) groups excluding carboxylic acids is 1. The first kappa shape index (κ1) is 17.7. The molecule has 4 rings (SSSR count). The maximum absolute atomic E-state index is 13.3. The van der Waals surface area contributed by atoms with E-state index in [9.17, 15) is 9.18 Å². The number of hydrogen-bond donors (Lipinski definition) is 2. The van der Waals surface area contributed by atoms with Crippen LogP contribution in [0.3, 0.4) is 0 Å². The SMILES string of the molecule is CCOC1CC(NC(=O)NC2CC(c3cccc(F)c3)C2)C12CCCO2. The molecule has 1 aliphatic heterocycles. The van der Waals surface area contributed by atoms with Crippen LogP contribution in [0.15, 0.2) is 24.3 Å². The lowest BCUT2D eigenvalue weighted by molar-refractivity contribution is -0.194. The fourth-order valence-electron chi connectivity index (χ4n) is 4.63. The van der Waals surface area contributed by atoms with Gasteiger partial charge in [-0.25, -0.2) is 9.18 Å². The Kier molecular flexibility index (Phi) is 4.88. The first-order valence-electron chi connectivity index (χ1n) is 9.69. The molecule has 0 bridgehead atoms. The molecule has 2 saturated carbocycles. The number of benzene rings is 1. The first-order chi connectivity index (χ1) is 12.6. The third-order valence-electron chi connectivity index (χ3n) is 6.13. The van der Waals surface area contributed by atoms with E-state index in [0.29, 0.717) is 12.5 Å². The highest BCUT2D eigenvalue weighted by molar-refractivity contribution is 5.75. The molecule has 0 aromatic heterocycles. The predicted octanol–water partition coefficient (Wildman–Crippen LogP) is 3.10. The maximum atomic E-state index is 13.3.